The van der Waals surface area contributed by atoms with Crippen molar-refractivity contribution in [3.05, 3.63) is 65.7 Å². The van der Waals surface area contributed by atoms with Crippen LogP contribution in [-0.2, 0) is 6.42 Å². The van der Waals surface area contributed by atoms with Crippen LogP contribution in [0.25, 0.3) is 5.52 Å². The Bertz CT molecular complexity index is 1040. The number of benzene rings is 1. The van der Waals surface area contributed by atoms with E-state index in [1.54, 1.807) is 15.5 Å². The summed E-state index contributed by atoms with van der Waals surface area (Å²) in [4.78, 5) is 32.2. The highest BCUT2D eigenvalue weighted by molar-refractivity contribution is 6.08. The first-order valence-electron chi connectivity index (χ1n) is 9.71. The highest BCUT2D eigenvalue weighted by atomic mass is 16.2. The Labute approximate surface area is 164 Å². The molecular weight excluding hydrogens is 352 g/mol. The zero-order valence-electron chi connectivity index (χ0n) is 16.2. The Morgan fingerprint density at radius 3 is 2.75 bits per heavy atom. The van der Waals surface area contributed by atoms with Crippen LogP contribution in [0, 0.1) is 5.92 Å². The summed E-state index contributed by atoms with van der Waals surface area (Å²) in [6, 6.07) is 13.4. The lowest BCUT2D eigenvalue weighted by Gasteiger charge is -2.16. The van der Waals surface area contributed by atoms with E-state index in [-0.39, 0.29) is 17.6 Å². The molecule has 28 heavy (non-hydrogen) atoms. The topological polar surface area (TPSA) is 66.7 Å². The molecule has 2 aromatic heterocycles. The highest BCUT2D eigenvalue weighted by Crippen LogP contribution is 2.29. The average Bonchev–Trinajstić information content (AvgIpc) is 3.29. The predicted molar refractivity (Wildman–Crippen MR) is 109 cm³/mol. The quantitative estimate of drug-likeness (QED) is 0.743. The number of hydrogen-bond donors (Lipinski definition) is 1. The summed E-state index contributed by atoms with van der Waals surface area (Å²) in [6.07, 6.45) is 3.50. The molecule has 1 aliphatic rings. The van der Waals surface area contributed by atoms with E-state index in [1.807, 2.05) is 42.5 Å². The lowest BCUT2D eigenvalue weighted by Crippen LogP contribution is -2.30. The van der Waals surface area contributed by atoms with Gasteiger partial charge in [0.1, 0.15) is 0 Å². The number of imidazole rings is 1. The third-order valence-corrected chi connectivity index (χ3v) is 5.09. The van der Waals surface area contributed by atoms with Gasteiger partial charge < -0.3 is 10.2 Å². The standard InChI is InChI=1S/C22H24N4O2/c1-15(2)10-12-23-21(27)19-18-9-5-6-13-25(18)20(24-19)22(28)26-14-11-16-7-3-4-8-17(16)26/h3-9,13,15H,10-12,14H2,1-2H3,(H,23,27). The number of amides is 2. The minimum absolute atomic E-state index is 0.188. The van der Waals surface area contributed by atoms with Gasteiger partial charge in [0.25, 0.3) is 11.8 Å². The summed E-state index contributed by atoms with van der Waals surface area (Å²) in [5.41, 5.74) is 3.01. The van der Waals surface area contributed by atoms with Gasteiger partial charge in [0.2, 0.25) is 5.82 Å². The molecule has 0 fully saturated rings. The molecule has 3 heterocycles. The largest absolute Gasteiger partial charge is 0.351 e. The second-order valence-corrected chi connectivity index (χ2v) is 7.51. The van der Waals surface area contributed by atoms with E-state index in [1.165, 1.54) is 0 Å². The molecule has 4 rings (SSSR count). The summed E-state index contributed by atoms with van der Waals surface area (Å²) in [7, 11) is 0. The molecule has 1 aromatic carbocycles. The van der Waals surface area contributed by atoms with Crippen LogP contribution in [0.2, 0.25) is 0 Å². The zero-order chi connectivity index (χ0) is 19.7. The lowest BCUT2D eigenvalue weighted by molar-refractivity contribution is 0.0949. The third-order valence-electron chi connectivity index (χ3n) is 5.09. The van der Waals surface area contributed by atoms with Gasteiger partial charge in [0, 0.05) is 25.0 Å². The fraction of sp³-hybridized carbons (Fsp3) is 0.318. The van der Waals surface area contributed by atoms with Gasteiger partial charge in [-0.05, 0) is 42.5 Å². The number of fused-ring (bicyclic) bond motifs is 2. The van der Waals surface area contributed by atoms with Crippen molar-refractivity contribution in [2.45, 2.75) is 26.7 Å². The number of carbonyl (C=O) groups excluding carboxylic acids is 2. The number of nitrogens with one attached hydrogen (secondary N) is 1. The maximum Gasteiger partial charge on any atom is 0.294 e. The number of carbonyl (C=O) groups is 2. The number of para-hydroxylation sites is 1. The van der Waals surface area contributed by atoms with Crippen LogP contribution in [0.4, 0.5) is 5.69 Å². The van der Waals surface area contributed by atoms with Gasteiger partial charge in [-0.1, -0.05) is 38.1 Å². The SMILES string of the molecule is CC(C)CCNC(=O)c1nc(C(=O)N2CCc3ccccc32)n2ccccc12. The number of aromatic nitrogens is 2. The van der Waals surface area contributed by atoms with Crippen LogP contribution < -0.4 is 10.2 Å². The van der Waals surface area contributed by atoms with Gasteiger partial charge >= 0.3 is 0 Å². The van der Waals surface area contributed by atoms with Crippen molar-refractivity contribution in [2.24, 2.45) is 5.92 Å². The maximum atomic E-state index is 13.3. The molecule has 6 nitrogen and oxygen atoms in total. The number of rotatable bonds is 5. The van der Waals surface area contributed by atoms with Gasteiger partial charge in [0.05, 0.1) is 5.52 Å². The van der Waals surface area contributed by atoms with Crippen molar-refractivity contribution in [1.29, 1.82) is 0 Å². The van der Waals surface area contributed by atoms with Crippen molar-refractivity contribution < 1.29 is 9.59 Å². The Hall–Kier alpha value is -3.15. The Morgan fingerprint density at radius 1 is 1.14 bits per heavy atom. The molecule has 0 radical (unpaired) electrons. The monoisotopic (exact) mass is 376 g/mol. The molecule has 1 N–H and O–H groups in total. The zero-order valence-corrected chi connectivity index (χ0v) is 16.2. The van der Waals surface area contributed by atoms with Crippen molar-refractivity contribution in [1.82, 2.24) is 14.7 Å². The van der Waals surface area contributed by atoms with Crippen molar-refractivity contribution in [2.75, 3.05) is 18.0 Å². The summed E-state index contributed by atoms with van der Waals surface area (Å²) in [6.45, 7) is 5.44. The van der Waals surface area contributed by atoms with E-state index in [0.29, 0.717) is 30.2 Å². The maximum absolute atomic E-state index is 13.3. The van der Waals surface area contributed by atoms with Crippen LogP contribution in [0.5, 0.6) is 0 Å². The Morgan fingerprint density at radius 2 is 1.93 bits per heavy atom. The molecule has 3 aromatic rings. The minimum Gasteiger partial charge on any atom is -0.351 e. The van der Waals surface area contributed by atoms with Gasteiger partial charge in [-0.2, -0.15) is 0 Å². The third kappa shape index (κ3) is 3.26. The van der Waals surface area contributed by atoms with Crippen LogP contribution >= 0.6 is 0 Å². The van der Waals surface area contributed by atoms with E-state index in [9.17, 15) is 9.59 Å². The first kappa shape index (κ1) is 18.2. The molecule has 6 heteroatoms. The molecule has 0 spiro atoms. The first-order valence-corrected chi connectivity index (χ1v) is 9.71. The van der Waals surface area contributed by atoms with Crippen LogP contribution in [0.3, 0.4) is 0 Å². The second kappa shape index (κ2) is 7.46. The van der Waals surface area contributed by atoms with Gasteiger partial charge in [-0.25, -0.2) is 4.98 Å². The predicted octanol–water partition coefficient (Wildman–Crippen LogP) is 3.31. The molecule has 144 valence electrons. The van der Waals surface area contributed by atoms with E-state index >= 15 is 0 Å². The molecule has 0 saturated carbocycles. The van der Waals surface area contributed by atoms with Crippen LogP contribution in [0.1, 0.15) is 46.9 Å². The van der Waals surface area contributed by atoms with Crippen LogP contribution in [-0.4, -0.2) is 34.3 Å². The summed E-state index contributed by atoms with van der Waals surface area (Å²) >= 11 is 0. The van der Waals surface area contributed by atoms with E-state index in [4.69, 9.17) is 0 Å². The van der Waals surface area contributed by atoms with Crippen molar-refractivity contribution >= 4 is 23.0 Å². The number of nitrogens with zero attached hydrogens (tertiary/aromatic N) is 3. The Kier molecular flexibility index (Phi) is 4.86. The first-order chi connectivity index (χ1) is 13.6. The van der Waals surface area contributed by atoms with Crippen molar-refractivity contribution in [3.63, 3.8) is 0 Å². The van der Waals surface area contributed by atoms with Gasteiger partial charge in [0.15, 0.2) is 5.69 Å². The number of pyridine rings is 1. The molecular formula is C22H24N4O2. The molecule has 0 unspecified atom stereocenters. The van der Waals surface area contributed by atoms with Gasteiger partial charge in [-0.15, -0.1) is 0 Å². The lowest BCUT2D eigenvalue weighted by atomic mass is 10.1. The smallest absolute Gasteiger partial charge is 0.294 e. The molecule has 0 atom stereocenters. The fourth-order valence-electron chi connectivity index (χ4n) is 3.58. The second-order valence-electron chi connectivity index (χ2n) is 7.51. The molecule has 2 amide bonds. The van der Waals surface area contributed by atoms with E-state index < -0.39 is 0 Å². The summed E-state index contributed by atoms with van der Waals surface area (Å²) < 4.78 is 1.71. The molecule has 0 bridgehead atoms. The molecule has 1 aliphatic heterocycles. The fourth-order valence-corrected chi connectivity index (χ4v) is 3.58. The van der Waals surface area contributed by atoms with Crippen molar-refractivity contribution in [3.8, 4) is 0 Å². The summed E-state index contributed by atoms with van der Waals surface area (Å²) in [5.74, 6) is 0.338. The molecule has 0 saturated heterocycles. The highest BCUT2D eigenvalue weighted by Gasteiger charge is 2.29. The van der Waals surface area contributed by atoms with E-state index in [0.717, 1.165) is 24.1 Å². The Balaban J connectivity index is 1.67. The van der Waals surface area contributed by atoms with Crippen LogP contribution in [0.15, 0.2) is 48.7 Å². The minimum atomic E-state index is -0.245. The number of anilines is 1. The summed E-state index contributed by atoms with van der Waals surface area (Å²) in [5, 5.41) is 2.92. The van der Waals surface area contributed by atoms with E-state index in [2.05, 4.69) is 24.1 Å². The number of hydrogen-bond acceptors (Lipinski definition) is 3. The van der Waals surface area contributed by atoms with Gasteiger partial charge in [-0.3, -0.25) is 14.0 Å². The normalized spacial score (nSPS) is 13.2. The molecule has 0 aliphatic carbocycles. The average molecular weight is 376 g/mol.